The number of benzene rings is 2. The van der Waals surface area contributed by atoms with Crippen molar-refractivity contribution in [2.45, 2.75) is 27.7 Å². The lowest BCUT2D eigenvalue weighted by Gasteiger charge is -2.21. The lowest BCUT2D eigenvalue weighted by atomic mass is 10.1. The predicted octanol–water partition coefficient (Wildman–Crippen LogP) is 4.23. The van der Waals surface area contributed by atoms with E-state index in [2.05, 4.69) is 5.32 Å². The minimum absolute atomic E-state index is 0.0760. The summed E-state index contributed by atoms with van der Waals surface area (Å²) in [5.41, 5.74) is 3.63. The average molecular weight is 455 g/mol. The SMILES string of the molecule is CCOc1ccc(C=CC(=O)N(CCOC)CC(=O)Nc2cccc(C)c2C)cc1OCC. The highest BCUT2D eigenvalue weighted by atomic mass is 16.5. The molecule has 0 bridgehead atoms. The van der Waals surface area contributed by atoms with Crippen molar-refractivity contribution in [1.82, 2.24) is 4.90 Å². The quantitative estimate of drug-likeness (QED) is 0.486. The van der Waals surface area contributed by atoms with Crippen molar-refractivity contribution >= 4 is 23.6 Å². The molecule has 7 heteroatoms. The number of ether oxygens (including phenoxy) is 3. The van der Waals surface area contributed by atoms with Crippen LogP contribution in [0.1, 0.15) is 30.5 Å². The van der Waals surface area contributed by atoms with Crippen molar-refractivity contribution in [2.75, 3.05) is 45.3 Å². The molecule has 0 aliphatic heterocycles. The molecule has 2 amide bonds. The molecule has 0 aromatic heterocycles. The van der Waals surface area contributed by atoms with Gasteiger partial charge in [0.1, 0.15) is 6.54 Å². The number of amides is 2. The number of aryl methyl sites for hydroxylation is 1. The Morgan fingerprint density at radius 2 is 1.76 bits per heavy atom. The van der Waals surface area contributed by atoms with Crippen LogP contribution in [0, 0.1) is 13.8 Å². The zero-order valence-electron chi connectivity index (χ0n) is 20.1. The second kappa shape index (κ2) is 13.3. The van der Waals surface area contributed by atoms with Gasteiger partial charge in [0.05, 0.1) is 19.8 Å². The van der Waals surface area contributed by atoms with E-state index < -0.39 is 0 Å². The summed E-state index contributed by atoms with van der Waals surface area (Å²) < 4.78 is 16.3. The highest BCUT2D eigenvalue weighted by Crippen LogP contribution is 2.29. The van der Waals surface area contributed by atoms with Gasteiger partial charge in [-0.2, -0.15) is 0 Å². The second-order valence-corrected chi connectivity index (χ2v) is 7.45. The smallest absolute Gasteiger partial charge is 0.247 e. The topological polar surface area (TPSA) is 77.1 Å². The normalized spacial score (nSPS) is 10.8. The largest absolute Gasteiger partial charge is 0.490 e. The van der Waals surface area contributed by atoms with Crippen LogP contribution >= 0.6 is 0 Å². The van der Waals surface area contributed by atoms with Crippen LogP contribution in [0.5, 0.6) is 11.5 Å². The molecule has 2 rings (SSSR count). The molecule has 0 saturated heterocycles. The summed E-state index contributed by atoms with van der Waals surface area (Å²) in [6.45, 7) is 9.34. The third-order valence-corrected chi connectivity index (χ3v) is 5.08. The molecule has 2 aromatic carbocycles. The van der Waals surface area contributed by atoms with E-state index in [9.17, 15) is 9.59 Å². The van der Waals surface area contributed by atoms with Gasteiger partial charge in [-0.05, 0) is 68.7 Å². The number of hydrogen-bond acceptors (Lipinski definition) is 5. The number of nitrogens with zero attached hydrogens (tertiary/aromatic N) is 1. The third-order valence-electron chi connectivity index (χ3n) is 5.08. The van der Waals surface area contributed by atoms with Gasteiger partial charge in [0.25, 0.3) is 0 Å². The Morgan fingerprint density at radius 3 is 2.45 bits per heavy atom. The van der Waals surface area contributed by atoms with Crippen molar-refractivity contribution in [1.29, 1.82) is 0 Å². The van der Waals surface area contributed by atoms with Gasteiger partial charge < -0.3 is 24.4 Å². The summed E-state index contributed by atoms with van der Waals surface area (Å²) in [5.74, 6) is 0.738. The first-order valence-electron chi connectivity index (χ1n) is 11.1. The molecular weight excluding hydrogens is 420 g/mol. The third kappa shape index (κ3) is 7.95. The summed E-state index contributed by atoms with van der Waals surface area (Å²) in [4.78, 5) is 27.0. The van der Waals surface area contributed by atoms with Gasteiger partial charge in [0.15, 0.2) is 11.5 Å². The van der Waals surface area contributed by atoms with Crippen molar-refractivity contribution in [3.63, 3.8) is 0 Å². The average Bonchev–Trinajstić information content (AvgIpc) is 2.79. The van der Waals surface area contributed by atoms with E-state index in [0.29, 0.717) is 37.9 Å². The highest BCUT2D eigenvalue weighted by Gasteiger charge is 2.16. The number of carbonyl (C=O) groups is 2. The van der Waals surface area contributed by atoms with Crippen LogP contribution < -0.4 is 14.8 Å². The maximum atomic E-state index is 12.9. The summed E-state index contributed by atoms with van der Waals surface area (Å²) in [7, 11) is 1.56. The fourth-order valence-corrected chi connectivity index (χ4v) is 3.16. The number of nitrogens with one attached hydrogen (secondary N) is 1. The summed E-state index contributed by atoms with van der Waals surface area (Å²) in [6.07, 6.45) is 3.15. The minimum atomic E-state index is -0.282. The molecule has 0 saturated carbocycles. The van der Waals surface area contributed by atoms with Crippen LogP contribution in [-0.4, -0.2) is 56.7 Å². The molecule has 0 radical (unpaired) electrons. The Labute approximate surface area is 196 Å². The van der Waals surface area contributed by atoms with E-state index in [1.165, 1.54) is 11.0 Å². The molecule has 0 aliphatic rings. The van der Waals surface area contributed by atoms with Gasteiger partial charge in [-0.3, -0.25) is 9.59 Å². The van der Waals surface area contributed by atoms with E-state index in [-0.39, 0.29) is 18.4 Å². The fourth-order valence-electron chi connectivity index (χ4n) is 3.16. The molecule has 0 spiro atoms. The first-order chi connectivity index (χ1) is 15.9. The van der Waals surface area contributed by atoms with Gasteiger partial charge in [-0.1, -0.05) is 18.2 Å². The summed E-state index contributed by atoms with van der Waals surface area (Å²) >= 11 is 0. The highest BCUT2D eigenvalue weighted by molar-refractivity contribution is 5.98. The lowest BCUT2D eigenvalue weighted by Crippen LogP contribution is -2.39. The predicted molar refractivity (Wildman–Crippen MR) is 131 cm³/mol. The van der Waals surface area contributed by atoms with Gasteiger partial charge >= 0.3 is 0 Å². The Bertz CT molecular complexity index is 971. The van der Waals surface area contributed by atoms with E-state index in [1.54, 1.807) is 13.2 Å². The molecule has 0 atom stereocenters. The lowest BCUT2D eigenvalue weighted by molar-refractivity contribution is -0.131. The Kier molecular flexibility index (Phi) is 10.4. The molecular formula is C26H34N2O5. The van der Waals surface area contributed by atoms with Crippen LogP contribution in [0.15, 0.2) is 42.5 Å². The second-order valence-electron chi connectivity index (χ2n) is 7.45. The molecule has 2 aromatic rings. The van der Waals surface area contributed by atoms with Gasteiger partial charge in [-0.15, -0.1) is 0 Å². The molecule has 178 valence electrons. The van der Waals surface area contributed by atoms with Gasteiger partial charge in [-0.25, -0.2) is 0 Å². The Hall–Kier alpha value is -3.32. The zero-order chi connectivity index (χ0) is 24.2. The maximum Gasteiger partial charge on any atom is 0.247 e. The van der Waals surface area contributed by atoms with E-state index >= 15 is 0 Å². The minimum Gasteiger partial charge on any atom is -0.490 e. The number of rotatable bonds is 12. The number of hydrogen-bond donors (Lipinski definition) is 1. The van der Waals surface area contributed by atoms with Crippen LogP contribution in [-0.2, 0) is 14.3 Å². The summed E-state index contributed by atoms with van der Waals surface area (Å²) in [5, 5.41) is 2.90. The Balaban J connectivity index is 2.11. The molecule has 0 aliphatic carbocycles. The van der Waals surface area contributed by atoms with E-state index in [1.807, 2.05) is 64.1 Å². The molecule has 7 nitrogen and oxygen atoms in total. The van der Waals surface area contributed by atoms with Crippen molar-refractivity contribution < 1.29 is 23.8 Å². The number of carbonyl (C=O) groups excluding carboxylic acids is 2. The van der Waals surface area contributed by atoms with Gasteiger partial charge in [0, 0.05) is 25.4 Å². The number of methoxy groups -OCH3 is 1. The molecule has 0 fully saturated rings. The fraction of sp³-hybridized carbons (Fsp3) is 0.385. The van der Waals surface area contributed by atoms with Gasteiger partial charge in [0.2, 0.25) is 11.8 Å². The number of anilines is 1. The van der Waals surface area contributed by atoms with Crippen LogP contribution in [0.2, 0.25) is 0 Å². The molecule has 0 heterocycles. The van der Waals surface area contributed by atoms with Crippen LogP contribution in [0.25, 0.3) is 6.08 Å². The van der Waals surface area contributed by atoms with E-state index in [0.717, 1.165) is 22.4 Å². The van der Waals surface area contributed by atoms with E-state index in [4.69, 9.17) is 14.2 Å². The van der Waals surface area contributed by atoms with Crippen molar-refractivity contribution in [3.05, 3.63) is 59.2 Å². The molecule has 1 N–H and O–H groups in total. The summed E-state index contributed by atoms with van der Waals surface area (Å²) in [6, 6.07) is 11.2. The standard InChI is InChI=1S/C26H34N2O5/c1-6-32-23-13-11-21(17-24(23)33-7-2)12-14-26(30)28(15-16-31-5)18-25(29)27-22-10-8-9-19(3)20(22)4/h8-14,17H,6-7,15-16,18H2,1-5H3,(H,27,29). The van der Waals surface area contributed by atoms with Crippen LogP contribution in [0.4, 0.5) is 5.69 Å². The zero-order valence-corrected chi connectivity index (χ0v) is 20.1. The van der Waals surface area contributed by atoms with Crippen molar-refractivity contribution in [2.24, 2.45) is 0 Å². The first-order valence-corrected chi connectivity index (χ1v) is 11.1. The van der Waals surface area contributed by atoms with Crippen LogP contribution in [0.3, 0.4) is 0 Å². The first kappa shape index (κ1) is 25.9. The maximum absolute atomic E-state index is 12.9. The van der Waals surface area contributed by atoms with Crippen molar-refractivity contribution in [3.8, 4) is 11.5 Å². The molecule has 33 heavy (non-hydrogen) atoms. The molecule has 0 unspecified atom stereocenters. The monoisotopic (exact) mass is 454 g/mol. The Morgan fingerprint density at radius 1 is 1.03 bits per heavy atom.